The predicted octanol–water partition coefficient (Wildman–Crippen LogP) is 4.81. The van der Waals surface area contributed by atoms with Crippen molar-refractivity contribution in [1.82, 2.24) is 0 Å². The molecular weight excluding hydrogens is 318 g/mol. The molecule has 128 valence electrons. The first-order valence-electron chi connectivity index (χ1n) is 7.95. The maximum atomic E-state index is 12.4. The highest BCUT2D eigenvalue weighted by Crippen LogP contribution is 2.24. The molecule has 2 aromatic carbocycles. The van der Waals surface area contributed by atoms with Gasteiger partial charge in [0.2, 0.25) is 0 Å². The molecule has 0 saturated heterocycles. The molecule has 0 unspecified atom stereocenters. The van der Waals surface area contributed by atoms with E-state index in [1.54, 1.807) is 39.0 Å². The zero-order chi connectivity index (χ0) is 18.0. The lowest BCUT2D eigenvalue weighted by Gasteiger charge is -2.19. The maximum absolute atomic E-state index is 12.4. The number of benzene rings is 2. The van der Waals surface area contributed by atoms with Gasteiger partial charge < -0.3 is 9.15 Å². The van der Waals surface area contributed by atoms with Gasteiger partial charge in [0, 0.05) is 17.3 Å². The second-order valence-corrected chi connectivity index (χ2v) is 6.68. The largest absolute Gasteiger partial charge is 0.456 e. The van der Waals surface area contributed by atoms with Crippen LogP contribution in [0.1, 0.15) is 20.8 Å². The van der Waals surface area contributed by atoms with Crippen molar-refractivity contribution >= 4 is 22.7 Å². The fourth-order valence-corrected chi connectivity index (χ4v) is 2.40. The molecule has 0 aliphatic heterocycles. The van der Waals surface area contributed by atoms with Crippen LogP contribution in [0.3, 0.4) is 0 Å². The van der Waals surface area contributed by atoms with Crippen LogP contribution in [0.2, 0.25) is 0 Å². The van der Waals surface area contributed by atoms with Crippen molar-refractivity contribution in [3.05, 3.63) is 64.8 Å². The van der Waals surface area contributed by atoms with Gasteiger partial charge in [-0.1, -0.05) is 30.3 Å². The number of hydrogen-bond acceptors (Lipinski definition) is 4. The fourth-order valence-electron chi connectivity index (χ4n) is 2.40. The van der Waals surface area contributed by atoms with Gasteiger partial charge in [-0.15, -0.1) is 0 Å². The van der Waals surface area contributed by atoms with Crippen molar-refractivity contribution in [2.45, 2.75) is 26.4 Å². The molecule has 0 spiro atoms. The van der Waals surface area contributed by atoms with Gasteiger partial charge >= 0.3 is 6.09 Å². The number of hydrogen-bond donors (Lipinski definition) is 1. The summed E-state index contributed by atoms with van der Waals surface area (Å²) in [5, 5.41) is 3.02. The topological polar surface area (TPSA) is 68.5 Å². The van der Waals surface area contributed by atoms with Crippen molar-refractivity contribution in [2.75, 3.05) is 5.32 Å². The first-order valence-corrected chi connectivity index (χ1v) is 7.95. The minimum Gasteiger partial charge on any atom is -0.456 e. The van der Waals surface area contributed by atoms with Gasteiger partial charge in [0.15, 0.2) is 5.43 Å². The number of rotatable bonds is 2. The van der Waals surface area contributed by atoms with Gasteiger partial charge in [0.25, 0.3) is 0 Å². The second kappa shape index (κ2) is 6.43. The van der Waals surface area contributed by atoms with Crippen molar-refractivity contribution in [1.29, 1.82) is 0 Å². The molecule has 1 aromatic heterocycles. The monoisotopic (exact) mass is 337 g/mol. The highest BCUT2D eigenvalue weighted by molar-refractivity contribution is 5.89. The van der Waals surface area contributed by atoms with Gasteiger partial charge in [0.05, 0.1) is 5.39 Å². The first kappa shape index (κ1) is 16.8. The highest BCUT2D eigenvalue weighted by Gasteiger charge is 2.16. The van der Waals surface area contributed by atoms with Crippen LogP contribution < -0.4 is 10.7 Å². The number of fused-ring (bicyclic) bond motifs is 1. The van der Waals surface area contributed by atoms with E-state index >= 15 is 0 Å². The molecule has 0 bridgehead atoms. The van der Waals surface area contributed by atoms with Gasteiger partial charge in [0.1, 0.15) is 16.9 Å². The minimum absolute atomic E-state index is 0.173. The van der Waals surface area contributed by atoms with Crippen LogP contribution in [-0.2, 0) is 4.74 Å². The second-order valence-electron chi connectivity index (χ2n) is 6.68. The fraction of sp³-hybridized carbons (Fsp3) is 0.200. The van der Waals surface area contributed by atoms with Crippen molar-refractivity contribution < 1.29 is 13.9 Å². The Kier molecular flexibility index (Phi) is 4.31. The molecule has 0 radical (unpaired) electrons. The third-order valence-corrected chi connectivity index (χ3v) is 3.43. The van der Waals surface area contributed by atoms with Crippen LogP contribution in [0.25, 0.3) is 22.3 Å². The zero-order valence-corrected chi connectivity index (χ0v) is 14.3. The maximum Gasteiger partial charge on any atom is 0.412 e. The molecule has 0 atom stereocenters. The number of nitrogens with one attached hydrogen (secondary N) is 1. The zero-order valence-electron chi connectivity index (χ0n) is 14.3. The lowest BCUT2D eigenvalue weighted by atomic mass is 10.1. The number of amides is 1. The van der Waals surface area contributed by atoms with E-state index in [4.69, 9.17) is 9.15 Å². The Morgan fingerprint density at radius 1 is 1.04 bits per heavy atom. The lowest BCUT2D eigenvalue weighted by Crippen LogP contribution is -2.27. The Bertz CT molecular complexity index is 968. The van der Waals surface area contributed by atoms with Crippen LogP contribution >= 0.6 is 0 Å². The van der Waals surface area contributed by atoms with Crippen LogP contribution in [0.4, 0.5) is 10.5 Å². The lowest BCUT2D eigenvalue weighted by molar-refractivity contribution is 0.0636. The minimum atomic E-state index is -0.593. The normalized spacial score (nSPS) is 11.3. The van der Waals surface area contributed by atoms with E-state index in [2.05, 4.69) is 5.32 Å². The molecule has 3 rings (SSSR count). The van der Waals surface area contributed by atoms with Gasteiger partial charge in [-0.3, -0.25) is 10.1 Å². The molecule has 25 heavy (non-hydrogen) atoms. The Morgan fingerprint density at radius 3 is 2.44 bits per heavy atom. The standard InChI is InChI=1S/C20H19NO4/c1-20(2,3)25-19(23)21-14-9-10-17-15(11-14)16(22)12-18(24-17)13-7-5-4-6-8-13/h4-12H,1-3H3,(H,21,23). The molecule has 0 saturated carbocycles. The molecule has 1 heterocycles. The Balaban J connectivity index is 1.93. The average molecular weight is 337 g/mol. The quantitative estimate of drug-likeness (QED) is 0.729. The van der Waals surface area contributed by atoms with Gasteiger partial charge in [-0.05, 0) is 39.0 Å². The van der Waals surface area contributed by atoms with E-state index in [1.165, 1.54) is 6.07 Å². The summed E-state index contributed by atoms with van der Waals surface area (Å²) in [5.74, 6) is 0.506. The molecule has 0 aliphatic carbocycles. The van der Waals surface area contributed by atoms with E-state index in [0.717, 1.165) is 5.56 Å². The summed E-state index contributed by atoms with van der Waals surface area (Å²) < 4.78 is 11.0. The van der Waals surface area contributed by atoms with E-state index in [0.29, 0.717) is 22.4 Å². The Morgan fingerprint density at radius 2 is 1.76 bits per heavy atom. The summed E-state index contributed by atoms with van der Waals surface area (Å²) in [6, 6.07) is 15.8. The van der Waals surface area contributed by atoms with Crippen molar-refractivity contribution in [3.63, 3.8) is 0 Å². The molecule has 0 aliphatic rings. The number of carbonyl (C=O) groups excluding carboxylic acids is 1. The number of carbonyl (C=O) groups is 1. The number of ether oxygens (including phenoxy) is 1. The number of anilines is 1. The van der Waals surface area contributed by atoms with Crippen LogP contribution in [-0.4, -0.2) is 11.7 Å². The van der Waals surface area contributed by atoms with Crippen molar-refractivity contribution in [3.8, 4) is 11.3 Å². The summed E-state index contributed by atoms with van der Waals surface area (Å²) in [4.78, 5) is 24.3. The van der Waals surface area contributed by atoms with E-state index < -0.39 is 11.7 Å². The molecule has 1 N–H and O–H groups in total. The van der Waals surface area contributed by atoms with Crippen LogP contribution in [0, 0.1) is 0 Å². The van der Waals surface area contributed by atoms with E-state index in [1.807, 2.05) is 30.3 Å². The summed E-state index contributed by atoms with van der Waals surface area (Å²) in [6.07, 6.45) is -0.572. The molecule has 0 fully saturated rings. The summed E-state index contributed by atoms with van der Waals surface area (Å²) in [6.45, 7) is 5.35. The molecule has 5 heteroatoms. The first-order chi connectivity index (χ1) is 11.8. The predicted molar refractivity (Wildman–Crippen MR) is 97.8 cm³/mol. The average Bonchev–Trinajstić information content (AvgIpc) is 2.54. The van der Waals surface area contributed by atoms with Crippen molar-refractivity contribution in [2.24, 2.45) is 0 Å². The summed E-state index contributed by atoms with van der Waals surface area (Å²) in [7, 11) is 0. The SMILES string of the molecule is CC(C)(C)OC(=O)Nc1ccc2oc(-c3ccccc3)cc(=O)c2c1. The van der Waals surface area contributed by atoms with E-state index in [9.17, 15) is 9.59 Å². The smallest absolute Gasteiger partial charge is 0.412 e. The molecule has 3 aromatic rings. The third-order valence-electron chi connectivity index (χ3n) is 3.43. The summed E-state index contributed by atoms with van der Waals surface area (Å²) in [5.41, 5.74) is 0.998. The van der Waals surface area contributed by atoms with Gasteiger partial charge in [-0.2, -0.15) is 0 Å². The third kappa shape index (κ3) is 4.07. The van der Waals surface area contributed by atoms with Crippen LogP contribution in [0.15, 0.2) is 63.8 Å². The van der Waals surface area contributed by atoms with E-state index in [-0.39, 0.29) is 5.43 Å². The summed E-state index contributed by atoms with van der Waals surface area (Å²) >= 11 is 0. The Hall–Kier alpha value is -3.08. The highest BCUT2D eigenvalue weighted by atomic mass is 16.6. The van der Waals surface area contributed by atoms with Gasteiger partial charge in [-0.25, -0.2) is 4.79 Å². The van der Waals surface area contributed by atoms with Crippen LogP contribution in [0.5, 0.6) is 0 Å². The Labute approximate surface area is 145 Å². The molecule has 5 nitrogen and oxygen atoms in total. The molecular formula is C20H19NO4. The molecule has 1 amide bonds.